The number of benzene rings is 1. The van der Waals surface area contributed by atoms with Crippen molar-refractivity contribution in [3.8, 4) is 0 Å². The van der Waals surface area contributed by atoms with Gasteiger partial charge in [0.25, 0.3) is 0 Å². The third-order valence-corrected chi connectivity index (χ3v) is 3.68. The van der Waals surface area contributed by atoms with E-state index in [-0.39, 0.29) is 6.54 Å². The molecule has 3 rings (SSSR count). The molecule has 0 bridgehead atoms. The van der Waals surface area contributed by atoms with Gasteiger partial charge in [-0.25, -0.2) is 4.98 Å². The SMILES string of the molecule is O=C(O)CN1CCN(c2nccc3ccccc23)CC1. The standard InChI is InChI=1S/C15H17N3O2/c19-14(20)11-17-7-9-18(10-8-17)15-13-4-2-1-3-12(13)5-6-16-15/h1-6H,7-11H2,(H,19,20). The second-order valence-electron chi connectivity index (χ2n) is 5.01. The van der Waals surface area contributed by atoms with Crippen molar-refractivity contribution in [2.75, 3.05) is 37.6 Å². The topological polar surface area (TPSA) is 56.7 Å². The average Bonchev–Trinajstić information content (AvgIpc) is 2.47. The number of hydrogen-bond acceptors (Lipinski definition) is 4. The summed E-state index contributed by atoms with van der Waals surface area (Å²) in [7, 11) is 0. The summed E-state index contributed by atoms with van der Waals surface area (Å²) in [4.78, 5) is 19.4. The van der Waals surface area contributed by atoms with E-state index in [1.54, 1.807) is 0 Å². The van der Waals surface area contributed by atoms with E-state index in [4.69, 9.17) is 5.11 Å². The van der Waals surface area contributed by atoms with Crippen molar-refractivity contribution >= 4 is 22.6 Å². The second-order valence-corrected chi connectivity index (χ2v) is 5.01. The number of fused-ring (bicyclic) bond motifs is 1. The first-order valence-corrected chi connectivity index (χ1v) is 6.77. The Morgan fingerprint density at radius 2 is 1.90 bits per heavy atom. The maximum atomic E-state index is 10.7. The summed E-state index contributed by atoms with van der Waals surface area (Å²) < 4.78 is 0. The van der Waals surface area contributed by atoms with Crippen molar-refractivity contribution in [2.24, 2.45) is 0 Å². The normalized spacial score (nSPS) is 16.5. The lowest BCUT2D eigenvalue weighted by atomic mass is 10.1. The Balaban J connectivity index is 1.78. The van der Waals surface area contributed by atoms with E-state index in [0.717, 1.165) is 37.4 Å². The molecule has 5 nitrogen and oxygen atoms in total. The van der Waals surface area contributed by atoms with Crippen molar-refractivity contribution in [1.29, 1.82) is 0 Å². The van der Waals surface area contributed by atoms with E-state index in [1.165, 1.54) is 5.39 Å². The van der Waals surface area contributed by atoms with Gasteiger partial charge in [-0.15, -0.1) is 0 Å². The smallest absolute Gasteiger partial charge is 0.317 e. The van der Waals surface area contributed by atoms with E-state index in [9.17, 15) is 4.79 Å². The number of hydrogen-bond donors (Lipinski definition) is 1. The number of carbonyl (C=O) groups is 1. The number of piperazine rings is 1. The monoisotopic (exact) mass is 271 g/mol. The fourth-order valence-corrected chi connectivity index (χ4v) is 2.66. The molecular formula is C15H17N3O2. The number of pyridine rings is 1. The summed E-state index contributed by atoms with van der Waals surface area (Å²) >= 11 is 0. The molecule has 1 aromatic heterocycles. The fourth-order valence-electron chi connectivity index (χ4n) is 2.66. The van der Waals surface area contributed by atoms with Gasteiger partial charge in [0, 0.05) is 37.8 Å². The summed E-state index contributed by atoms with van der Waals surface area (Å²) in [6.45, 7) is 3.27. The van der Waals surface area contributed by atoms with Crippen LogP contribution in [-0.2, 0) is 4.79 Å². The number of nitrogens with zero attached hydrogens (tertiary/aromatic N) is 3. The Bertz CT molecular complexity index is 616. The van der Waals surface area contributed by atoms with E-state index >= 15 is 0 Å². The van der Waals surface area contributed by atoms with Crippen molar-refractivity contribution in [3.05, 3.63) is 36.5 Å². The lowest BCUT2D eigenvalue weighted by Crippen LogP contribution is -2.48. The van der Waals surface area contributed by atoms with Gasteiger partial charge in [-0.3, -0.25) is 9.69 Å². The van der Waals surface area contributed by atoms with Crippen LogP contribution in [0.25, 0.3) is 10.8 Å². The Kier molecular flexibility index (Phi) is 3.52. The first-order valence-electron chi connectivity index (χ1n) is 6.77. The molecule has 20 heavy (non-hydrogen) atoms. The van der Waals surface area contributed by atoms with Crippen LogP contribution >= 0.6 is 0 Å². The van der Waals surface area contributed by atoms with Crippen molar-refractivity contribution in [3.63, 3.8) is 0 Å². The summed E-state index contributed by atoms with van der Waals surface area (Å²) in [5, 5.41) is 11.2. The van der Waals surface area contributed by atoms with Gasteiger partial charge < -0.3 is 10.0 Å². The van der Waals surface area contributed by atoms with Gasteiger partial charge in [-0.1, -0.05) is 24.3 Å². The molecule has 5 heteroatoms. The van der Waals surface area contributed by atoms with Crippen LogP contribution in [0.5, 0.6) is 0 Å². The first kappa shape index (κ1) is 12.9. The van der Waals surface area contributed by atoms with E-state index in [0.29, 0.717) is 0 Å². The maximum Gasteiger partial charge on any atom is 0.317 e. The van der Waals surface area contributed by atoms with Gasteiger partial charge >= 0.3 is 5.97 Å². The molecular weight excluding hydrogens is 254 g/mol. The predicted octanol–water partition coefficient (Wildman–Crippen LogP) is 1.44. The molecule has 1 aromatic carbocycles. The van der Waals surface area contributed by atoms with Gasteiger partial charge in [0.15, 0.2) is 0 Å². The van der Waals surface area contributed by atoms with Gasteiger partial charge in [0.2, 0.25) is 0 Å². The molecule has 0 amide bonds. The van der Waals surface area contributed by atoms with E-state index in [2.05, 4.69) is 22.0 Å². The molecule has 0 spiro atoms. The molecule has 1 N–H and O–H groups in total. The Morgan fingerprint density at radius 3 is 2.65 bits per heavy atom. The highest BCUT2D eigenvalue weighted by Crippen LogP contribution is 2.24. The molecule has 1 aliphatic heterocycles. The lowest BCUT2D eigenvalue weighted by Gasteiger charge is -2.35. The summed E-state index contributed by atoms with van der Waals surface area (Å²) in [5.74, 6) is 0.236. The third-order valence-electron chi connectivity index (χ3n) is 3.68. The Morgan fingerprint density at radius 1 is 1.15 bits per heavy atom. The zero-order valence-electron chi connectivity index (χ0n) is 11.2. The Hall–Kier alpha value is -2.14. The maximum absolute atomic E-state index is 10.7. The van der Waals surface area contributed by atoms with Gasteiger partial charge in [0.1, 0.15) is 5.82 Å². The van der Waals surface area contributed by atoms with Crippen molar-refractivity contribution < 1.29 is 9.90 Å². The van der Waals surface area contributed by atoms with Crippen molar-refractivity contribution in [2.45, 2.75) is 0 Å². The lowest BCUT2D eigenvalue weighted by molar-refractivity contribution is -0.138. The zero-order chi connectivity index (χ0) is 13.9. The fraction of sp³-hybridized carbons (Fsp3) is 0.333. The zero-order valence-corrected chi connectivity index (χ0v) is 11.2. The molecule has 0 radical (unpaired) electrons. The number of carboxylic acid groups (broad SMARTS) is 1. The number of rotatable bonds is 3. The highest BCUT2D eigenvalue weighted by molar-refractivity contribution is 5.92. The summed E-state index contributed by atoms with van der Waals surface area (Å²) in [5.41, 5.74) is 0. The van der Waals surface area contributed by atoms with Crippen LogP contribution in [0, 0.1) is 0 Å². The van der Waals surface area contributed by atoms with Crippen LogP contribution in [0.4, 0.5) is 5.82 Å². The minimum absolute atomic E-state index is 0.122. The minimum atomic E-state index is -0.762. The molecule has 0 saturated carbocycles. The molecule has 2 aromatic rings. The highest BCUT2D eigenvalue weighted by atomic mass is 16.4. The van der Waals surface area contributed by atoms with E-state index < -0.39 is 5.97 Å². The van der Waals surface area contributed by atoms with E-state index in [1.807, 2.05) is 29.3 Å². The number of aliphatic carboxylic acids is 1. The molecule has 2 heterocycles. The molecule has 0 aliphatic carbocycles. The quantitative estimate of drug-likeness (QED) is 0.915. The van der Waals surface area contributed by atoms with Crippen LogP contribution < -0.4 is 4.90 Å². The van der Waals surface area contributed by atoms with Gasteiger partial charge in [0.05, 0.1) is 6.54 Å². The molecule has 1 aliphatic rings. The Labute approximate surface area is 117 Å². The number of anilines is 1. The van der Waals surface area contributed by atoms with Crippen molar-refractivity contribution in [1.82, 2.24) is 9.88 Å². The van der Waals surface area contributed by atoms with Crippen LogP contribution in [0.15, 0.2) is 36.5 Å². The predicted molar refractivity (Wildman–Crippen MR) is 78.0 cm³/mol. The summed E-state index contributed by atoms with van der Waals surface area (Å²) in [6.07, 6.45) is 1.83. The van der Waals surface area contributed by atoms with Gasteiger partial charge in [-0.2, -0.15) is 0 Å². The second kappa shape index (κ2) is 5.46. The van der Waals surface area contributed by atoms with Crippen LogP contribution in [-0.4, -0.2) is 53.7 Å². The van der Waals surface area contributed by atoms with Crippen LogP contribution in [0.1, 0.15) is 0 Å². The number of carboxylic acids is 1. The summed E-state index contributed by atoms with van der Waals surface area (Å²) in [6, 6.07) is 10.2. The third kappa shape index (κ3) is 2.58. The first-order chi connectivity index (χ1) is 9.74. The largest absolute Gasteiger partial charge is 0.480 e. The van der Waals surface area contributed by atoms with Gasteiger partial charge in [-0.05, 0) is 11.5 Å². The molecule has 1 saturated heterocycles. The minimum Gasteiger partial charge on any atom is -0.480 e. The van der Waals surface area contributed by atoms with Crippen LogP contribution in [0.3, 0.4) is 0 Å². The molecule has 1 fully saturated rings. The molecule has 104 valence electrons. The van der Waals surface area contributed by atoms with Crippen LogP contribution in [0.2, 0.25) is 0 Å². The highest BCUT2D eigenvalue weighted by Gasteiger charge is 2.20. The molecule has 0 atom stereocenters. The number of aromatic nitrogens is 1. The molecule has 0 unspecified atom stereocenters. The average molecular weight is 271 g/mol.